The molecule has 18 heavy (non-hydrogen) atoms. The summed E-state index contributed by atoms with van der Waals surface area (Å²) >= 11 is 0. The van der Waals surface area contributed by atoms with E-state index in [9.17, 15) is 9.18 Å². The number of carbonyl (C=O) groups excluding carboxylic acids is 1. The van der Waals surface area contributed by atoms with Gasteiger partial charge in [-0.15, -0.1) is 0 Å². The molecule has 1 amide bonds. The summed E-state index contributed by atoms with van der Waals surface area (Å²) < 4.78 is 13.0. The molecule has 1 heterocycles. The monoisotopic (exact) mass is 249 g/mol. The van der Waals surface area contributed by atoms with E-state index in [0.29, 0.717) is 5.92 Å². The molecule has 0 spiro atoms. The van der Waals surface area contributed by atoms with Gasteiger partial charge in [-0.25, -0.2) is 4.39 Å². The Bertz CT molecular complexity index is 419. The van der Waals surface area contributed by atoms with Gasteiger partial charge >= 0.3 is 0 Å². The number of carbonyl (C=O) groups is 1. The van der Waals surface area contributed by atoms with Gasteiger partial charge in [-0.3, -0.25) is 4.79 Å². The maximum absolute atomic E-state index is 13.0. The number of nitrogens with zero attached hydrogens (tertiary/aromatic N) is 1. The van der Waals surface area contributed by atoms with Crippen molar-refractivity contribution in [1.82, 2.24) is 4.90 Å². The van der Waals surface area contributed by atoms with Gasteiger partial charge < -0.3 is 4.90 Å². The van der Waals surface area contributed by atoms with Crippen molar-refractivity contribution in [3.63, 3.8) is 0 Å². The van der Waals surface area contributed by atoms with Crippen LogP contribution in [-0.2, 0) is 11.2 Å². The minimum atomic E-state index is -0.165. The molecule has 0 saturated carbocycles. The van der Waals surface area contributed by atoms with Crippen molar-refractivity contribution in [2.75, 3.05) is 13.1 Å². The van der Waals surface area contributed by atoms with Crippen LogP contribution in [0.2, 0.25) is 0 Å². The summed E-state index contributed by atoms with van der Waals surface area (Å²) in [6, 6.07) is 6.80. The van der Waals surface area contributed by atoms with Gasteiger partial charge in [-0.1, -0.05) is 12.1 Å². The van der Waals surface area contributed by atoms with Crippen LogP contribution in [0.25, 0.3) is 0 Å². The Hall–Kier alpha value is -1.38. The zero-order valence-electron chi connectivity index (χ0n) is 10.9. The Labute approximate surface area is 108 Å². The van der Waals surface area contributed by atoms with Crippen molar-refractivity contribution in [3.05, 3.63) is 35.6 Å². The molecule has 3 heteroatoms. The van der Waals surface area contributed by atoms with Gasteiger partial charge in [0, 0.05) is 20.0 Å². The summed E-state index contributed by atoms with van der Waals surface area (Å²) in [5, 5.41) is 0. The van der Waals surface area contributed by atoms with Crippen molar-refractivity contribution >= 4 is 5.91 Å². The molecule has 0 radical (unpaired) electrons. The van der Waals surface area contributed by atoms with E-state index in [2.05, 4.69) is 0 Å². The molecule has 0 aromatic heterocycles. The highest BCUT2D eigenvalue weighted by atomic mass is 19.1. The summed E-state index contributed by atoms with van der Waals surface area (Å²) in [7, 11) is 0. The first-order valence-electron chi connectivity index (χ1n) is 6.65. The van der Waals surface area contributed by atoms with E-state index in [-0.39, 0.29) is 11.7 Å². The second kappa shape index (κ2) is 5.98. The van der Waals surface area contributed by atoms with Gasteiger partial charge in [0.25, 0.3) is 0 Å². The van der Waals surface area contributed by atoms with E-state index in [1.54, 1.807) is 19.1 Å². The van der Waals surface area contributed by atoms with E-state index in [1.807, 2.05) is 11.0 Å². The van der Waals surface area contributed by atoms with Crippen LogP contribution in [0.15, 0.2) is 24.3 Å². The predicted octanol–water partition coefficient (Wildman–Crippen LogP) is 3.02. The van der Waals surface area contributed by atoms with Crippen molar-refractivity contribution in [1.29, 1.82) is 0 Å². The molecule has 1 atom stereocenters. The largest absolute Gasteiger partial charge is 0.343 e. The maximum Gasteiger partial charge on any atom is 0.219 e. The molecular formula is C15H20FNO. The zero-order valence-corrected chi connectivity index (χ0v) is 10.9. The number of aryl methyl sites for hydroxylation is 1. The lowest BCUT2D eigenvalue weighted by Gasteiger charge is -2.32. The van der Waals surface area contributed by atoms with Crippen molar-refractivity contribution in [2.24, 2.45) is 5.92 Å². The number of piperidine rings is 1. The standard InChI is InChI=1S/C15H20FNO/c1-12(18)17-9-3-5-14(11-17)8-7-13-4-2-6-15(16)10-13/h2,4,6,10,14H,3,5,7-9,11H2,1H3/t14-/m1/s1. The number of halogens is 1. The van der Waals surface area contributed by atoms with Crippen LogP contribution in [0.4, 0.5) is 4.39 Å². The molecule has 1 aliphatic rings. The lowest BCUT2D eigenvalue weighted by atomic mass is 9.91. The van der Waals surface area contributed by atoms with E-state index in [4.69, 9.17) is 0 Å². The van der Waals surface area contributed by atoms with E-state index < -0.39 is 0 Å². The van der Waals surface area contributed by atoms with Gasteiger partial charge in [-0.05, 0) is 49.3 Å². The summed E-state index contributed by atoms with van der Waals surface area (Å²) in [6.45, 7) is 3.39. The second-order valence-corrected chi connectivity index (χ2v) is 5.14. The highest BCUT2D eigenvalue weighted by Gasteiger charge is 2.21. The molecule has 2 rings (SSSR count). The van der Waals surface area contributed by atoms with Gasteiger partial charge in [0.1, 0.15) is 5.82 Å². The molecule has 1 aliphatic heterocycles. The minimum Gasteiger partial charge on any atom is -0.343 e. The highest BCUT2D eigenvalue weighted by Crippen LogP contribution is 2.21. The second-order valence-electron chi connectivity index (χ2n) is 5.14. The average Bonchev–Trinajstić information content (AvgIpc) is 2.37. The van der Waals surface area contributed by atoms with Crippen LogP contribution >= 0.6 is 0 Å². The first-order valence-corrected chi connectivity index (χ1v) is 6.65. The van der Waals surface area contributed by atoms with Crippen LogP contribution in [0.3, 0.4) is 0 Å². The molecule has 2 nitrogen and oxygen atoms in total. The summed E-state index contributed by atoms with van der Waals surface area (Å²) in [5.74, 6) is 0.567. The fraction of sp³-hybridized carbons (Fsp3) is 0.533. The van der Waals surface area contributed by atoms with Crippen molar-refractivity contribution in [3.8, 4) is 0 Å². The van der Waals surface area contributed by atoms with Crippen molar-refractivity contribution in [2.45, 2.75) is 32.6 Å². The first kappa shape index (κ1) is 13.1. The zero-order chi connectivity index (χ0) is 13.0. The van der Waals surface area contributed by atoms with Crippen LogP contribution in [-0.4, -0.2) is 23.9 Å². The number of rotatable bonds is 3. The summed E-state index contributed by atoms with van der Waals surface area (Å²) in [4.78, 5) is 13.3. The normalized spacial score (nSPS) is 19.9. The third-order valence-corrected chi connectivity index (χ3v) is 3.69. The molecule has 98 valence electrons. The minimum absolute atomic E-state index is 0.165. The fourth-order valence-corrected chi connectivity index (χ4v) is 2.65. The Morgan fingerprint density at radius 2 is 2.33 bits per heavy atom. The summed E-state index contributed by atoms with van der Waals surface area (Å²) in [5.41, 5.74) is 1.05. The quantitative estimate of drug-likeness (QED) is 0.806. The van der Waals surface area contributed by atoms with E-state index in [1.165, 1.54) is 12.5 Å². The van der Waals surface area contributed by atoms with Gasteiger partial charge in [0.15, 0.2) is 0 Å². The van der Waals surface area contributed by atoms with Crippen LogP contribution in [0.5, 0.6) is 0 Å². The predicted molar refractivity (Wildman–Crippen MR) is 69.7 cm³/mol. The molecule has 0 unspecified atom stereocenters. The van der Waals surface area contributed by atoms with Crippen LogP contribution < -0.4 is 0 Å². The number of hydrogen-bond donors (Lipinski definition) is 0. The highest BCUT2D eigenvalue weighted by molar-refractivity contribution is 5.73. The lowest BCUT2D eigenvalue weighted by molar-refractivity contribution is -0.130. The van der Waals surface area contributed by atoms with E-state index in [0.717, 1.165) is 37.9 Å². The topological polar surface area (TPSA) is 20.3 Å². The number of amides is 1. The lowest BCUT2D eigenvalue weighted by Crippen LogP contribution is -2.38. The molecule has 1 fully saturated rings. The first-order chi connectivity index (χ1) is 8.65. The molecule has 1 saturated heterocycles. The number of likely N-dealkylation sites (tertiary alicyclic amines) is 1. The molecular weight excluding hydrogens is 229 g/mol. The maximum atomic E-state index is 13.0. The molecule has 1 aromatic carbocycles. The van der Waals surface area contributed by atoms with Crippen molar-refractivity contribution < 1.29 is 9.18 Å². The molecule has 1 aromatic rings. The number of hydrogen-bond acceptors (Lipinski definition) is 1. The van der Waals surface area contributed by atoms with Gasteiger partial charge in [-0.2, -0.15) is 0 Å². The molecule has 0 bridgehead atoms. The Morgan fingerprint density at radius 3 is 3.06 bits per heavy atom. The third-order valence-electron chi connectivity index (χ3n) is 3.69. The third kappa shape index (κ3) is 3.56. The SMILES string of the molecule is CC(=O)N1CCC[C@H](CCc2cccc(F)c2)C1. The number of benzene rings is 1. The Morgan fingerprint density at radius 1 is 1.50 bits per heavy atom. The van der Waals surface area contributed by atoms with Crippen LogP contribution in [0, 0.1) is 11.7 Å². The van der Waals surface area contributed by atoms with Crippen LogP contribution in [0.1, 0.15) is 31.7 Å². The van der Waals surface area contributed by atoms with E-state index >= 15 is 0 Å². The Kier molecular flexibility index (Phi) is 4.34. The molecule has 0 N–H and O–H groups in total. The fourth-order valence-electron chi connectivity index (χ4n) is 2.65. The smallest absolute Gasteiger partial charge is 0.219 e. The Balaban J connectivity index is 1.84. The van der Waals surface area contributed by atoms with Gasteiger partial charge in [0.05, 0.1) is 0 Å². The molecule has 0 aliphatic carbocycles. The van der Waals surface area contributed by atoms with Gasteiger partial charge in [0.2, 0.25) is 5.91 Å². The summed E-state index contributed by atoms with van der Waals surface area (Å²) in [6.07, 6.45) is 4.20. The average molecular weight is 249 g/mol.